The minimum atomic E-state index is -0.195. The molecule has 1 saturated carbocycles. The highest BCUT2D eigenvalue weighted by molar-refractivity contribution is 5.83. The quantitative estimate of drug-likeness (QED) is 0.852. The van der Waals surface area contributed by atoms with E-state index in [4.69, 9.17) is 0 Å². The predicted octanol–water partition coefficient (Wildman–Crippen LogP) is 2.71. The molecule has 0 N–H and O–H groups in total. The maximum atomic E-state index is 12.9. The van der Waals surface area contributed by atoms with Crippen LogP contribution in [0.3, 0.4) is 0 Å². The molecule has 0 unspecified atom stereocenters. The number of nitrogens with zero attached hydrogens (tertiary/aromatic N) is 2. The summed E-state index contributed by atoms with van der Waals surface area (Å²) in [6.07, 6.45) is 4.62. The minimum absolute atomic E-state index is 0.195. The molecule has 21 heavy (non-hydrogen) atoms. The average Bonchev–Trinajstić information content (AvgIpc) is 3.03. The van der Waals surface area contributed by atoms with Crippen molar-refractivity contribution in [2.45, 2.75) is 25.7 Å². The molecule has 2 aliphatic rings. The molecule has 0 spiro atoms. The van der Waals surface area contributed by atoms with E-state index in [2.05, 4.69) is 9.80 Å². The van der Waals surface area contributed by atoms with Crippen molar-refractivity contribution in [3.8, 4) is 0 Å². The van der Waals surface area contributed by atoms with Gasteiger partial charge in [0.2, 0.25) is 0 Å². The molecule has 3 rings (SSSR count). The van der Waals surface area contributed by atoms with Gasteiger partial charge in [-0.1, -0.05) is 12.8 Å². The molecule has 1 aromatic rings. The van der Waals surface area contributed by atoms with Crippen molar-refractivity contribution in [1.82, 2.24) is 4.90 Å². The van der Waals surface area contributed by atoms with E-state index in [-0.39, 0.29) is 5.82 Å². The lowest BCUT2D eigenvalue weighted by Crippen LogP contribution is -2.48. The lowest BCUT2D eigenvalue weighted by Gasteiger charge is -2.36. The second-order valence-corrected chi connectivity index (χ2v) is 6.19. The first kappa shape index (κ1) is 14.5. The van der Waals surface area contributed by atoms with E-state index in [0.717, 1.165) is 44.7 Å². The summed E-state index contributed by atoms with van der Waals surface area (Å²) in [4.78, 5) is 16.7. The highest BCUT2D eigenvalue weighted by Gasteiger charge is 2.25. The Balaban J connectivity index is 1.48. The molecule has 1 aliphatic heterocycles. The number of Topliss-reactive ketones (excluding diaryl/α,β-unsaturated/α-hetero) is 1. The number of hydrogen-bond donors (Lipinski definition) is 0. The molecule has 1 heterocycles. The van der Waals surface area contributed by atoms with Crippen molar-refractivity contribution in [2.24, 2.45) is 5.92 Å². The van der Waals surface area contributed by atoms with Gasteiger partial charge in [0.1, 0.15) is 11.6 Å². The first-order chi connectivity index (χ1) is 10.2. The van der Waals surface area contributed by atoms with Gasteiger partial charge in [0, 0.05) is 37.8 Å². The van der Waals surface area contributed by atoms with E-state index in [1.54, 1.807) is 0 Å². The highest BCUT2D eigenvalue weighted by atomic mass is 19.1. The SMILES string of the molecule is O=C(CN1CCN(c2ccc(F)cc2)CC1)C1CCCC1. The van der Waals surface area contributed by atoms with Crippen molar-refractivity contribution in [1.29, 1.82) is 0 Å². The first-order valence-corrected chi connectivity index (χ1v) is 7.98. The molecule has 2 fully saturated rings. The Hall–Kier alpha value is -1.42. The molecule has 4 heteroatoms. The van der Waals surface area contributed by atoms with Crippen LogP contribution in [0.5, 0.6) is 0 Å². The largest absolute Gasteiger partial charge is 0.369 e. The Bertz CT molecular complexity index is 474. The minimum Gasteiger partial charge on any atom is -0.369 e. The zero-order chi connectivity index (χ0) is 14.7. The number of ketones is 1. The monoisotopic (exact) mass is 290 g/mol. The number of carbonyl (C=O) groups excluding carboxylic acids is 1. The smallest absolute Gasteiger partial charge is 0.149 e. The van der Waals surface area contributed by atoms with Gasteiger partial charge >= 0.3 is 0 Å². The van der Waals surface area contributed by atoms with Gasteiger partial charge < -0.3 is 4.90 Å². The summed E-state index contributed by atoms with van der Waals surface area (Å²) in [5, 5.41) is 0. The average molecular weight is 290 g/mol. The molecule has 1 aliphatic carbocycles. The molecule has 0 aromatic heterocycles. The standard InChI is InChI=1S/C17H23FN2O/c18-15-5-7-16(8-6-15)20-11-9-19(10-12-20)13-17(21)14-3-1-2-4-14/h5-8,14H,1-4,9-13H2. The van der Waals surface area contributed by atoms with Crippen LogP contribution in [0.4, 0.5) is 10.1 Å². The number of rotatable bonds is 4. The van der Waals surface area contributed by atoms with Gasteiger partial charge in [-0.3, -0.25) is 9.69 Å². The van der Waals surface area contributed by atoms with Gasteiger partial charge in [0.05, 0.1) is 6.54 Å². The Labute approximate surface area is 125 Å². The third kappa shape index (κ3) is 3.62. The van der Waals surface area contributed by atoms with Crippen LogP contribution in [0.15, 0.2) is 24.3 Å². The normalized spacial score (nSPS) is 20.9. The number of carbonyl (C=O) groups is 1. The van der Waals surface area contributed by atoms with E-state index < -0.39 is 0 Å². The second-order valence-electron chi connectivity index (χ2n) is 6.19. The fourth-order valence-electron chi connectivity index (χ4n) is 3.41. The van der Waals surface area contributed by atoms with Crippen LogP contribution in [0, 0.1) is 11.7 Å². The maximum Gasteiger partial charge on any atom is 0.149 e. The molecule has 3 nitrogen and oxygen atoms in total. The first-order valence-electron chi connectivity index (χ1n) is 7.98. The van der Waals surface area contributed by atoms with Crippen LogP contribution in [-0.2, 0) is 4.79 Å². The van der Waals surface area contributed by atoms with E-state index in [9.17, 15) is 9.18 Å². The summed E-state index contributed by atoms with van der Waals surface area (Å²) < 4.78 is 12.9. The molecule has 1 saturated heterocycles. The third-order valence-corrected chi connectivity index (χ3v) is 4.75. The zero-order valence-electron chi connectivity index (χ0n) is 12.4. The Morgan fingerprint density at radius 1 is 1.05 bits per heavy atom. The molecule has 114 valence electrons. The number of hydrogen-bond acceptors (Lipinski definition) is 3. The Morgan fingerprint density at radius 3 is 2.29 bits per heavy atom. The summed E-state index contributed by atoms with van der Waals surface area (Å²) in [7, 11) is 0. The molecule has 1 aromatic carbocycles. The summed E-state index contributed by atoms with van der Waals surface area (Å²) in [5.41, 5.74) is 1.07. The maximum absolute atomic E-state index is 12.9. The van der Waals surface area contributed by atoms with Gasteiger partial charge in [-0.2, -0.15) is 0 Å². The van der Waals surface area contributed by atoms with E-state index in [0.29, 0.717) is 18.2 Å². The van der Waals surface area contributed by atoms with Crippen LogP contribution in [0.2, 0.25) is 0 Å². The summed E-state index contributed by atoms with van der Waals surface area (Å²) in [6, 6.07) is 6.67. The molecule has 0 atom stereocenters. The van der Waals surface area contributed by atoms with Gasteiger partial charge in [-0.15, -0.1) is 0 Å². The molecular weight excluding hydrogens is 267 g/mol. The van der Waals surface area contributed by atoms with Gasteiger partial charge in [0.25, 0.3) is 0 Å². The molecule has 0 bridgehead atoms. The lowest BCUT2D eigenvalue weighted by atomic mass is 10.0. The van der Waals surface area contributed by atoms with Crippen molar-refractivity contribution in [3.05, 3.63) is 30.1 Å². The number of benzene rings is 1. The van der Waals surface area contributed by atoms with Crippen LogP contribution >= 0.6 is 0 Å². The lowest BCUT2D eigenvalue weighted by molar-refractivity contribution is -0.123. The van der Waals surface area contributed by atoms with E-state index >= 15 is 0 Å². The van der Waals surface area contributed by atoms with Crippen molar-refractivity contribution in [3.63, 3.8) is 0 Å². The summed E-state index contributed by atoms with van der Waals surface area (Å²) in [5.74, 6) is 0.558. The van der Waals surface area contributed by atoms with Crippen molar-refractivity contribution < 1.29 is 9.18 Å². The van der Waals surface area contributed by atoms with Crippen LogP contribution in [-0.4, -0.2) is 43.4 Å². The molecular formula is C17H23FN2O. The summed E-state index contributed by atoms with van der Waals surface area (Å²) >= 11 is 0. The predicted molar refractivity (Wildman–Crippen MR) is 82.0 cm³/mol. The molecule has 0 radical (unpaired) electrons. The number of halogens is 1. The third-order valence-electron chi connectivity index (χ3n) is 4.75. The van der Waals surface area contributed by atoms with Crippen molar-refractivity contribution in [2.75, 3.05) is 37.6 Å². The number of piperazine rings is 1. The fraction of sp³-hybridized carbons (Fsp3) is 0.588. The van der Waals surface area contributed by atoms with Gasteiger partial charge in [-0.05, 0) is 37.1 Å². The fourth-order valence-corrected chi connectivity index (χ4v) is 3.41. The van der Waals surface area contributed by atoms with Crippen LogP contribution in [0.1, 0.15) is 25.7 Å². The summed E-state index contributed by atoms with van der Waals surface area (Å²) in [6.45, 7) is 4.25. The van der Waals surface area contributed by atoms with E-state index in [1.807, 2.05) is 12.1 Å². The number of anilines is 1. The Kier molecular flexibility index (Phi) is 4.54. The topological polar surface area (TPSA) is 23.6 Å². The highest BCUT2D eigenvalue weighted by Crippen LogP contribution is 2.26. The molecule has 0 amide bonds. The second kappa shape index (κ2) is 6.56. The van der Waals surface area contributed by atoms with Gasteiger partial charge in [-0.25, -0.2) is 4.39 Å². The zero-order valence-corrected chi connectivity index (χ0v) is 12.4. The van der Waals surface area contributed by atoms with Crippen LogP contribution < -0.4 is 4.90 Å². The van der Waals surface area contributed by atoms with Crippen molar-refractivity contribution >= 4 is 11.5 Å². The van der Waals surface area contributed by atoms with Gasteiger partial charge in [0.15, 0.2) is 0 Å². The van der Waals surface area contributed by atoms with Crippen LogP contribution in [0.25, 0.3) is 0 Å². The van der Waals surface area contributed by atoms with E-state index in [1.165, 1.54) is 25.0 Å². The Morgan fingerprint density at radius 2 is 1.67 bits per heavy atom.